The predicted molar refractivity (Wildman–Crippen MR) is 118 cm³/mol. The number of likely N-dealkylation sites (N-methyl/N-ethyl adjacent to an activating group) is 1. The van der Waals surface area contributed by atoms with Gasteiger partial charge < -0.3 is 15.3 Å². The lowest BCUT2D eigenvalue weighted by Crippen LogP contribution is -2.51. The zero-order valence-corrected chi connectivity index (χ0v) is 18.3. The number of hydrogen-bond acceptors (Lipinski definition) is 3. The fourth-order valence-corrected chi connectivity index (χ4v) is 4.46. The van der Waals surface area contributed by atoms with Gasteiger partial charge in [0.1, 0.15) is 6.04 Å². The number of benzene rings is 1. The molecule has 1 aliphatic heterocycles. The largest absolute Gasteiger partial charge is 0.394 e. The molecule has 2 unspecified atom stereocenters. The molecule has 0 spiro atoms. The Hall–Kier alpha value is -1.55. The van der Waals surface area contributed by atoms with E-state index < -0.39 is 0 Å². The topological polar surface area (TPSA) is 52.6 Å². The van der Waals surface area contributed by atoms with Crippen molar-refractivity contribution in [3.63, 3.8) is 0 Å². The summed E-state index contributed by atoms with van der Waals surface area (Å²) in [4.78, 5) is 15.0. The van der Waals surface area contributed by atoms with Gasteiger partial charge in [-0.25, -0.2) is 0 Å². The lowest BCUT2D eigenvalue weighted by Gasteiger charge is -2.33. The zero-order chi connectivity index (χ0) is 20.5. The quantitative estimate of drug-likeness (QED) is 0.614. The summed E-state index contributed by atoms with van der Waals surface area (Å²) in [5.74, 6) is 0.211. The highest BCUT2D eigenvalue weighted by atomic mass is 16.3. The molecule has 0 fully saturated rings. The van der Waals surface area contributed by atoms with Gasteiger partial charge in [0.15, 0.2) is 0 Å². The number of rotatable bonds is 9. The predicted octanol–water partition coefficient (Wildman–Crippen LogP) is 4.47. The smallest absolute Gasteiger partial charge is 0.243 e. The van der Waals surface area contributed by atoms with Crippen molar-refractivity contribution < 1.29 is 9.90 Å². The number of aliphatic hydroxyl groups is 1. The van der Waals surface area contributed by atoms with Crippen LogP contribution >= 0.6 is 0 Å². The minimum absolute atomic E-state index is 0.00476. The molecule has 2 N–H and O–H groups in total. The van der Waals surface area contributed by atoms with E-state index in [0.717, 1.165) is 19.3 Å². The van der Waals surface area contributed by atoms with Crippen molar-refractivity contribution in [2.45, 2.75) is 90.6 Å². The Kier molecular flexibility index (Phi) is 9.30. The Morgan fingerprint density at radius 3 is 2.57 bits per heavy atom. The number of nitrogens with one attached hydrogen (secondary N) is 1. The number of amides is 1. The highest BCUT2D eigenvalue weighted by molar-refractivity contribution is 5.86. The average molecular weight is 389 g/mol. The van der Waals surface area contributed by atoms with Crippen molar-refractivity contribution in [3.8, 4) is 0 Å². The Morgan fingerprint density at radius 2 is 1.89 bits per heavy atom. The minimum atomic E-state index is -0.227. The Labute approximate surface area is 171 Å². The first-order valence-corrected chi connectivity index (χ1v) is 11.2. The molecular formula is C24H40N2O2. The SMILES string of the molecule is CCCCCCCCc1cccc2c1CCC(CO)NC(=O)C(C(C)C)N2C. The van der Waals surface area contributed by atoms with Gasteiger partial charge in [-0.2, -0.15) is 0 Å². The second-order valence-corrected chi connectivity index (χ2v) is 8.66. The van der Waals surface area contributed by atoms with Crippen LogP contribution in [0.2, 0.25) is 0 Å². The van der Waals surface area contributed by atoms with Crippen LogP contribution in [0.3, 0.4) is 0 Å². The number of carbonyl (C=O) groups is 1. The number of aliphatic hydroxyl groups excluding tert-OH is 1. The monoisotopic (exact) mass is 388 g/mol. The molecular weight excluding hydrogens is 348 g/mol. The van der Waals surface area contributed by atoms with Crippen LogP contribution in [-0.2, 0) is 17.6 Å². The van der Waals surface area contributed by atoms with Crippen LogP contribution in [0.1, 0.15) is 76.8 Å². The fraction of sp³-hybridized carbons (Fsp3) is 0.708. The summed E-state index contributed by atoms with van der Waals surface area (Å²) in [7, 11) is 2.04. The Morgan fingerprint density at radius 1 is 1.18 bits per heavy atom. The third-order valence-corrected chi connectivity index (χ3v) is 6.05. The molecule has 28 heavy (non-hydrogen) atoms. The molecule has 2 atom stereocenters. The van der Waals surface area contributed by atoms with Gasteiger partial charge in [-0.3, -0.25) is 4.79 Å². The first-order valence-electron chi connectivity index (χ1n) is 11.2. The molecule has 2 rings (SSSR count). The van der Waals surface area contributed by atoms with Gasteiger partial charge in [-0.1, -0.05) is 65.0 Å². The third-order valence-electron chi connectivity index (χ3n) is 6.05. The second kappa shape index (κ2) is 11.5. The highest BCUT2D eigenvalue weighted by Crippen LogP contribution is 2.30. The summed E-state index contributed by atoms with van der Waals surface area (Å²) in [5.41, 5.74) is 3.95. The number of nitrogens with zero attached hydrogens (tertiary/aromatic N) is 1. The van der Waals surface area contributed by atoms with Gasteiger partial charge in [0.05, 0.1) is 12.6 Å². The molecule has 1 heterocycles. The van der Waals surface area contributed by atoms with Crippen molar-refractivity contribution in [1.29, 1.82) is 0 Å². The van der Waals surface area contributed by atoms with Gasteiger partial charge in [0, 0.05) is 12.7 Å². The van der Waals surface area contributed by atoms with E-state index >= 15 is 0 Å². The molecule has 0 saturated carbocycles. The lowest BCUT2D eigenvalue weighted by atomic mass is 9.93. The van der Waals surface area contributed by atoms with E-state index in [1.807, 2.05) is 7.05 Å². The number of hydrogen-bond donors (Lipinski definition) is 2. The molecule has 4 nitrogen and oxygen atoms in total. The number of fused-ring (bicyclic) bond motifs is 1. The molecule has 0 saturated heterocycles. The molecule has 1 aliphatic rings. The lowest BCUT2D eigenvalue weighted by molar-refractivity contribution is -0.124. The van der Waals surface area contributed by atoms with E-state index in [4.69, 9.17) is 0 Å². The van der Waals surface area contributed by atoms with Crippen LogP contribution in [0.15, 0.2) is 18.2 Å². The average Bonchev–Trinajstić information content (AvgIpc) is 2.72. The number of carbonyl (C=O) groups excluding carboxylic acids is 1. The Balaban J connectivity index is 2.23. The summed E-state index contributed by atoms with van der Waals surface area (Å²) < 4.78 is 0. The maximum absolute atomic E-state index is 12.9. The summed E-state index contributed by atoms with van der Waals surface area (Å²) in [6.07, 6.45) is 10.6. The van der Waals surface area contributed by atoms with Gasteiger partial charge in [0.2, 0.25) is 5.91 Å². The van der Waals surface area contributed by atoms with Crippen LogP contribution in [0.5, 0.6) is 0 Å². The second-order valence-electron chi connectivity index (χ2n) is 8.66. The maximum atomic E-state index is 12.9. The summed E-state index contributed by atoms with van der Waals surface area (Å²) in [5, 5.41) is 12.8. The Bertz CT molecular complexity index is 615. The van der Waals surface area contributed by atoms with E-state index in [0.29, 0.717) is 0 Å². The normalized spacial score (nSPS) is 20.4. The van der Waals surface area contributed by atoms with Crippen LogP contribution in [0, 0.1) is 5.92 Å². The number of anilines is 1. The zero-order valence-electron chi connectivity index (χ0n) is 18.3. The minimum Gasteiger partial charge on any atom is -0.394 e. The van der Waals surface area contributed by atoms with Crippen molar-refractivity contribution in [1.82, 2.24) is 5.32 Å². The van der Waals surface area contributed by atoms with E-state index in [2.05, 4.69) is 49.2 Å². The van der Waals surface area contributed by atoms with E-state index in [1.54, 1.807) is 0 Å². The van der Waals surface area contributed by atoms with Gasteiger partial charge in [-0.05, 0) is 48.8 Å². The molecule has 0 radical (unpaired) electrons. The van der Waals surface area contributed by atoms with Crippen molar-refractivity contribution in [2.75, 3.05) is 18.6 Å². The fourth-order valence-electron chi connectivity index (χ4n) is 4.46. The van der Waals surface area contributed by atoms with Crippen LogP contribution < -0.4 is 10.2 Å². The van der Waals surface area contributed by atoms with Crippen molar-refractivity contribution in [3.05, 3.63) is 29.3 Å². The number of aryl methyl sites for hydroxylation is 1. The number of unbranched alkanes of at least 4 members (excludes halogenated alkanes) is 5. The van der Waals surface area contributed by atoms with E-state index in [1.165, 1.54) is 55.3 Å². The van der Waals surface area contributed by atoms with Gasteiger partial charge in [0.25, 0.3) is 0 Å². The molecule has 1 amide bonds. The van der Waals surface area contributed by atoms with E-state index in [9.17, 15) is 9.90 Å². The van der Waals surface area contributed by atoms with Crippen LogP contribution in [-0.4, -0.2) is 36.8 Å². The standard InChI is InChI=1S/C24H40N2O2/c1-5-6-7-8-9-10-12-19-13-11-14-22-21(19)16-15-20(17-27)25-24(28)23(18(2)3)26(22)4/h11,13-14,18,20,23,27H,5-10,12,15-17H2,1-4H3,(H,25,28). The summed E-state index contributed by atoms with van der Waals surface area (Å²) in [6, 6.07) is 6.15. The highest BCUT2D eigenvalue weighted by Gasteiger charge is 2.31. The van der Waals surface area contributed by atoms with E-state index in [-0.39, 0.29) is 30.5 Å². The van der Waals surface area contributed by atoms with Crippen LogP contribution in [0.25, 0.3) is 0 Å². The molecule has 4 heteroatoms. The third kappa shape index (κ3) is 5.97. The first-order chi connectivity index (χ1) is 13.5. The van der Waals surface area contributed by atoms with Crippen molar-refractivity contribution >= 4 is 11.6 Å². The summed E-state index contributed by atoms with van der Waals surface area (Å²) >= 11 is 0. The molecule has 1 aromatic rings. The van der Waals surface area contributed by atoms with Crippen molar-refractivity contribution in [2.24, 2.45) is 5.92 Å². The van der Waals surface area contributed by atoms with Crippen LogP contribution in [0.4, 0.5) is 5.69 Å². The molecule has 0 aliphatic carbocycles. The maximum Gasteiger partial charge on any atom is 0.243 e. The first kappa shape index (κ1) is 22.7. The molecule has 158 valence electrons. The molecule has 0 bridgehead atoms. The molecule has 1 aromatic carbocycles. The molecule has 0 aromatic heterocycles. The summed E-state index contributed by atoms with van der Waals surface area (Å²) in [6.45, 7) is 6.43. The van der Waals surface area contributed by atoms with Gasteiger partial charge in [-0.15, -0.1) is 0 Å². The van der Waals surface area contributed by atoms with Gasteiger partial charge >= 0.3 is 0 Å².